The molecule has 1 rings (SSSR count). The van der Waals surface area contributed by atoms with Crippen LogP contribution in [0.3, 0.4) is 0 Å². The maximum Gasteiger partial charge on any atom is 0.242 e. The van der Waals surface area contributed by atoms with Gasteiger partial charge in [-0.2, -0.15) is 11.8 Å². The molecule has 0 aromatic carbocycles. The minimum atomic E-state index is -0.376. The lowest BCUT2D eigenvalue weighted by Gasteiger charge is -2.14. The Morgan fingerprint density at radius 2 is 2.10 bits per heavy atom. The molecule has 0 aromatic heterocycles. The van der Waals surface area contributed by atoms with Gasteiger partial charge in [-0.1, -0.05) is 0 Å². The van der Waals surface area contributed by atoms with Gasteiger partial charge in [-0.15, -0.1) is 0 Å². The summed E-state index contributed by atoms with van der Waals surface area (Å²) in [4.78, 5) is 47.3. The second-order valence-electron chi connectivity index (χ2n) is 4.70. The molecular formula is C13H20N2O5S. The molecule has 0 saturated carbocycles. The first kappa shape index (κ1) is 17.6. The Labute approximate surface area is 127 Å². The van der Waals surface area contributed by atoms with E-state index in [1.165, 1.54) is 16.7 Å². The molecule has 1 aliphatic heterocycles. The van der Waals surface area contributed by atoms with Crippen LogP contribution in [0.1, 0.15) is 25.7 Å². The van der Waals surface area contributed by atoms with Gasteiger partial charge in [0, 0.05) is 25.8 Å². The number of thioether (sulfide) groups is 1. The fourth-order valence-electron chi connectivity index (χ4n) is 1.98. The third-order valence-corrected chi connectivity index (χ3v) is 4.08. The maximum absolute atomic E-state index is 11.8. The van der Waals surface area contributed by atoms with E-state index in [1.54, 1.807) is 6.26 Å². The van der Waals surface area contributed by atoms with E-state index in [-0.39, 0.29) is 67.7 Å². The van der Waals surface area contributed by atoms with Crippen molar-refractivity contribution in [3.8, 4) is 0 Å². The Kier molecular flexibility index (Phi) is 7.38. The summed E-state index contributed by atoms with van der Waals surface area (Å²) in [6, 6.07) is 0. The van der Waals surface area contributed by atoms with Crippen LogP contribution in [0.4, 0.5) is 0 Å². The molecule has 2 N–H and O–H groups in total. The Bertz CT molecular complexity index is 427. The molecule has 7 nitrogen and oxygen atoms in total. The highest BCUT2D eigenvalue weighted by Gasteiger charge is 2.37. The zero-order valence-electron chi connectivity index (χ0n) is 12.0. The van der Waals surface area contributed by atoms with Gasteiger partial charge in [-0.25, -0.2) is 0 Å². The van der Waals surface area contributed by atoms with Crippen molar-refractivity contribution in [3.63, 3.8) is 0 Å². The van der Waals surface area contributed by atoms with Crippen molar-refractivity contribution in [1.82, 2.24) is 10.2 Å². The maximum atomic E-state index is 11.8. The molecule has 0 spiro atoms. The number of amides is 3. The Morgan fingerprint density at radius 3 is 2.67 bits per heavy atom. The molecule has 8 heteroatoms. The largest absolute Gasteiger partial charge is 0.396 e. The summed E-state index contributed by atoms with van der Waals surface area (Å²) in [6.45, 7) is -0.102. The number of aliphatic hydroxyl groups excluding tert-OH is 1. The minimum Gasteiger partial charge on any atom is -0.396 e. The number of hydrogen-bond acceptors (Lipinski definition) is 6. The molecule has 0 radical (unpaired) electrons. The number of nitrogens with zero attached hydrogens (tertiary/aromatic N) is 1. The molecule has 3 amide bonds. The van der Waals surface area contributed by atoms with Gasteiger partial charge < -0.3 is 10.4 Å². The predicted octanol–water partition coefficient (Wildman–Crippen LogP) is -0.675. The number of nitrogens with one attached hydrogen (secondary N) is 1. The third kappa shape index (κ3) is 5.47. The van der Waals surface area contributed by atoms with Crippen LogP contribution in [0.2, 0.25) is 0 Å². The molecule has 1 aliphatic rings. The molecule has 1 atom stereocenters. The number of carbonyl (C=O) groups excluding carboxylic acids is 4. The van der Waals surface area contributed by atoms with E-state index in [9.17, 15) is 19.2 Å². The van der Waals surface area contributed by atoms with Crippen LogP contribution in [-0.2, 0) is 19.2 Å². The number of ketones is 1. The Morgan fingerprint density at radius 1 is 1.38 bits per heavy atom. The third-order valence-electron chi connectivity index (χ3n) is 3.15. The summed E-state index contributed by atoms with van der Waals surface area (Å²) in [7, 11) is 0. The fraction of sp³-hybridized carbons (Fsp3) is 0.692. The number of Topliss-reactive ketones (excluding diaryl/α,β-unsaturated/α-hetero) is 1. The van der Waals surface area contributed by atoms with Crippen LogP contribution < -0.4 is 5.32 Å². The standard InChI is InChI=1S/C13H20N2O5S/c1-21-10-7-12(19)15(13(10)20)5-2-3-9(17)8-14-11(18)4-6-16/h10,16H,2-8H2,1H3,(H,14,18). The van der Waals surface area contributed by atoms with Crippen molar-refractivity contribution in [3.05, 3.63) is 0 Å². The van der Waals surface area contributed by atoms with Crippen LogP contribution in [0.15, 0.2) is 0 Å². The van der Waals surface area contributed by atoms with Crippen LogP contribution >= 0.6 is 11.8 Å². The van der Waals surface area contributed by atoms with Gasteiger partial charge in [0.15, 0.2) is 5.78 Å². The average molecular weight is 316 g/mol. The van der Waals surface area contributed by atoms with Gasteiger partial charge in [-0.3, -0.25) is 24.1 Å². The van der Waals surface area contributed by atoms with Crippen LogP contribution in [0.25, 0.3) is 0 Å². The SMILES string of the molecule is CSC1CC(=O)N(CCCC(=O)CNC(=O)CCO)C1=O. The molecule has 1 heterocycles. The van der Waals surface area contributed by atoms with Crippen LogP contribution in [0.5, 0.6) is 0 Å². The first-order chi connectivity index (χ1) is 9.99. The fourth-order valence-corrected chi connectivity index (χ4v) is 2.62. The Hall–Kier alpha value is -1.41. The van der Waals surface area contributed by atoms with Crippen molar-refractivity contribution in [2.45, 2.75) is 30.9 Å². The summed E-state index contributed by atoms with van der Waals surface area (Å²) >= 11 is 1.36. The second-order valence-corrected chi connectivity index (χ2v) is 5.75. The van der Waals surface area contributed by atoms with E-state index in [0.29, 0.717) is 6.42 Å². The monoisotopic (exact) mass is 316 g/mol. The van der Waals surface area contributed by atoms with E-state index in [4.69, 9.17) is 5.11 Å². The number of rotatable bonds is 9. The van der Waals surface area contributed by atoms with Crippen LogP contribution in [-0.4, -0.2) is 64.7 Å². The molecule has 118 valence electrons. The lowest BCUT2D eigenvalue weighted by molar-refractivity contribution is -0.138. The van der Waals surface area contributed by atoms with E-state index < -0.39 is 0 Å². The number of likely N-dealkylation sites (tertiary alicyclic amines) is 1. The smallest absolute Gasteiger partial charge is 0.242 e. The summed E-state index contributed by atoms with van der Waals surface area (Å²) < 4.78 is 0. The van der Waals surface area contributed by atoms with Crippen molar-refractivity contribution in [2.75, 3.05) is 26.0 Å². The van der Waals surface area contributed by atoms with Crippen molar-refractivity contribution >= 4 is 35.3 Å². The van der Waals surface area contributed by atoms with Crippen molar-refractivity contribution in [2.24, 2.45) is 0 Å². The van der Waals surface area contributed by atoms with E-state index in [1.807, 2.05) is 0 Å². The first-order valence-electron chi connectivity index (χ1n) is 6.75. The summed E-state index contributed by atoms with van der Waals surface area (Å²) in [5.41, 5.74) is 0. The van der Waals surface area contributed by atoms with E-state index in [2.05, 4.69) is 5.32 Å². The highest BCUT2D eigenvalue weighted by Crippen LogP contribution is 2.23. The quantitative estimate of drug-likeness (QED) is 0.547. The van der Waals surface area contributed by atoms with Crippen LogP contribution in [0, 0.1) is 0 Å². The number of imide groups is 1. The highest BCUT2D eigenvalue weighted by molar-refractivity contribution is 8.00. The molecule has 0 bridgehead atoms. The molecular weight excluding hydrogens is 296 g/mol. The summed E-state index contributed by atoms with van der Waals surface area (Å²) in [6.07, 6.45) is 2.58. The van der Waals surface area contributed by atoms with Gasteiger partial charge in [0.2, 0.25) is 17.7 Å². The van der Waals surface area contributed by atoms with Gasteiger partial charge in [-0.05, 0) is 12.7 Å². The number of hydrogen-bond donors (Lipinski definition) is 2. The first-order valence-corrected chi connectivity index (χ1v) is 8.04. The predicted molar refractivity (Wildman–Crippen MR) is 77.6 cm³/mol. The van der Waals surface area contributed by atoms with Crippen molar-refractivity contribution in [1.29, 1.82) is 0 Å². The van der Waals surface area contributed by atoms with Gasteiger partial charge in [0.05, 0.1) is 18.4 Å². The van der Waals surface area contributed by atoms with Gasteiger partial charge in [0.1, 0.15) is 0 Å². The number of aliphatic hydroxyl groups is 1. The average Bonchev–Trinajstić information content (AvgIpc) is 2.72. The topological polar surface area (TPSA) is 104 Å². The van der Waals surface area contributed by atoms with Gasteiger partial charge >= 0.3 is 0 Å². The molecule has 21 heavy (non-hydrogen) atoms. The molecule has 1 saturated heterocycles. The zero-order chi connectivity index (χ0) is 15.8. The summed E-state index contributed by atoms with van der Waals surface area (Å²) in [5, 5.41) is 10.6. The zero-order valence-corrected chi connectivity index (χ0v) is 12.8. The lowest BCUT2D eigenvalue weighted by Crippen LogP contribution is -2.33. The number of carbonyl (C=O) groups is 4. The molecule has 1 fully saturated rings. The minimum absolute atomic E-state index is 0.0276. The van der Waals surface area contributed by atoms with E-state index in [0.717, 1.165) is 0 Å². The summed E-state index contributed by atoms with van der Waals surface area (Å²) in [5.74, 6) is -0.917. The lowest BCUT2D eigenvalue weighted by atomic mass is 10.2. The molecule has 1 unspecified atom stereocenters. The highest BCUT2D eigenvalue weighted by atomic mass is 32.2. The normalized spacial score (nSPS) is 18.2. The Balaban J connectivity index is 2.24. The molecule has 0 aromatic rings. The van der Waals surface area contributed by atoms with Gasteiger partial charge in [0.25, 0.3) is 0 Å². The van der Waals surface area contributed by atoms with E-state index >= 15 is 0 Å². The van der Waals surface area contributed by atoms with Crippen molar-refractivity contribution < 1.29 is 24.3 Å². The molecule has 0 aliphatic carbocycles. The second kappa shape index (κ2) is 8.78.